The molecular formula is C29H34Cl2N6. The van der Waals surface area contributed by atoms with E-state index in [0.29, 0.717) is 22.6 Å². The molecule has 1 unspecified atom stereocenters. The second-order valence-electron chi connectivity index (χ2n) is 10.0. The lowest BCUT2D eigenvalue weighted by Crippen LogP contribution is -2.51. The van der Waals surface area contributed by atoms with Crippen LogP contribution in [0.4, 0.5) is 5.82 Å². The molecule has 4 aromatic rings. The highest BCUT2D eigenvalue weighted by Crippen LogP contribution is 2.40. The fraction of sp³-hybridized carbons (Fsp3) is 0.379. The SMILES string of the molecule is Cc1cc(N(C(C)CN)C2CCN(Cc3ccccc3)CC2)n2nc(C)c(-c3c(Cl)cccc3Cl)c2n1. The third-order valence-corrected chi connectivity index (χ3v) is 8.00. The Morgan fingerprint density at radius 1 is 1.00 bits per heavy atom. The zero-order chi connectivity index (χ0) is 26.1. The lowest BCUT2D eigenvalue weighted by Gasteiger charge is -2.42. The Morgan fingerprint density at radius 3 is 2.32 bits per heavy atom. The van der Waals surface area contributed by atoms with E-state index in [-0.39, 0.29) is 6.04 Å². The Bertz CT molecular complexity index is 1360. The van der Waals surface area contributed by atoms with Gasteiger partial charge in [0.1, 0.15) is 5.82 Å². The minimum absolute atomic E-state index is 0.146. The molecule has 0 spiro atoms. The van der Waals surface area contributed by atoms with E-state index >= 15 is 0 Å². The summed E-state index contributed by atoms with van der Waals surface area (Å²) in [5, 5.41) is 6.14. The number of rotatable bonds is 7. The smallest absolute Gasteiger partial charge is 0.165 e. The number of benzene rings is 2. The van der Waals surface area contributed by atoms with Gasteiger partial charge in [-0.15, -0.1) is 0 Å². The summed E-state index contributed by atoms with van der Waals surface area (Å²) in [7, 11) is 0. The molecule has 1 fully saturated rings. The van der Waals surface area contributed by atoms with Gasteiger partial charge in [-0.1, -0.05) is 59.6 Å². The summed E-state index contributed by atoms with van der Waals surface area (Å²) in [4.78, 5) is 9.91. The van der Waals surface area contributed by atoms with Crippen LogP contribution in [0.1, 0.15) is 36.7 Å². The Kier molecular flexibility index (Phi) is 7.72. The number of aryl methyl sites for hydroxylation is 2. The van der Waals surface area contributed by atoms with Gasteiger partial charge in [0.2, 0.25) is 0 Å². The first-order valence-electron chi connectivity index (χ1n) is 12.9. The molecule has 0 aliphatic carbocycles. The highest BCUT2D eigenvalue weighted by molar-refractivity contribution is 6.39. The van der Waals surface area contributed by atoms with Crippen LogP contribution >= 0.6 is 23.2 Å². The van der Waals surface area contributed by atoms with Crippen LogP contribution in [0, 0.1) is 13.8 Å². The highest BCUT2D eigenvalue weighted by atomic mass is 35.5. The summed E-state index contributed by atoms with van der Waals surface area (Å²) in [5.41, 5.74) is 11.8. The second-order valence-corrected chi connectivity index (χ2v) is 10.8. The fourth-order valence-corrected chi connectivity index (χ4v) is 6.11. The number of hydrogen-bond donors (Lipinski definition) is 1. The quantitative estimate of drug-likeness (QED) is 0.307. The molecule has 1 saturated heterocycles. The van der Waals surface area contributed by atoms with Crippen LogP contribution in [0.5, 0.6) is 0 Å². The van der Waals surface area contributed by atoms with Crippen molar-refractivity contribution in [1.29, 1.82) is 0 Å². The third-order valence-electron chi connectivity index (χ3n) is 7.37. The molecule has 0 saturated carbocycles. The van der Waals surface area contributed by atoms with Gasteiger partial charge in [0.05, 0.1) is 21.3 Å². The van der Waals surface area contributed by atoms with Crippen LogP contribution in [0.3, 0.4) is 0 Å². The van der Waals surface area contributed by atoms with Gasteiger partial charge in [0.15, 0.2) is 5.65 Å². The van der Waals surface area contributed by atoms with Crippen molar-refractivity contribution in [2.75, 3.05) is 24.5 Å². The van der Waals surface area contributed by atoms with Crippen LogP contribution in [0.25, 0.3) is 16.8 Å². The van der Waals surface area contributed by atoms with E-state index < -0.39 is 0 Å². The van der Waals surface area contributed by atoms with Crippen molar-refractivity contribution in [3.05, 3.63) is 81.6 Å². The molecule has 37 heavy (non-hydrogen) atoms. The predicted molar refractivity (Wildman–Crippen MR) is 154 cm³/mol. The molecule has 1 aliphatic rings. The monoisotopic (exact) mass is 536 g/mol. The molecule has 194 valence electrons. The van der Waals surface area contributed by atoms with Crippen LogP contribution in [0.2, 0.25) is 10.0 Å². The molecule has 5 rings (SSSR count). The molecule has 8 heteroatoms. The summed E-state index contributed by atoms with van der Waals surface area (Å²) < 4.78 is 1.96. The van der Waals surface area contributed by atoms with E-state index in [9.17, 15) is 0 Å². The van der Waals surface area contributed by atoms with Crippen molar-refractivity contribution >= 4 is 34.7 Å². The van der Waals surface area contributed by atoms with Gasteiger partial charge in [-0.2, -0.15) is 9.61 Å². The van der Waals surface area contributed by atoms with Crippen molar-refractivity contribution in [1.82, 2.24) is 19.5 Å². The Balaban J connectivity index is 1.51. The summed E-state index contributed by atoms with van der Waals surface area (Å²) in [6.07, 6.45) is 2.12. The summed E-state index contributed by atoms with van der Waals surface area (Å²) in [6, 6.07) is 18.9. The fourth-order valence-electron chi connectivity index (χ4n) is 5.52. The predicted octanol–water partition coefficient (Wildman–Crippen LogP) is 6.14. The molecule has 0 radical (unpaired) electrons. The van der Waals surface area contributed by atoms with Gasteiger partial charge >= 0.3 is 0 Å². The van der Waals surface area contributed by atoms with Crippen LogP contribution in [-0.4, -0.2) is 51.2 Å². The maximum atomic E-state index is 6.62. The zero-order valence-electron chi connectivity index (χ0n) is 21.7. The largest absolute Gasteiger partial charge is 0.349 e. The van der Waals surface area contributed by atoms with Crippen molar-refractivity contribution in [3.63, 3.8) is 0 Å². The van der Waals surface area contributed by atoms with Crippen LogP contribution in [-0.2, 0) is 6.54 Å². The first-order chi connectivity index (χ1) is 17.9. The van der Waals surface area contributed by atoms with Gasteiger partial charge in [0, 0.05) is 55.6 Å². The average Bonchev–Trinajstić information content (AvgIpc) is 3.21. The minimum atomic E-state index is 0.146. The molecule has 3 heterocycles. The number of likely N-dealkylation sites (tertiary alicyclic amines) is 1. The van der Waals surface area contributed by atoms with Crippen molar-refractivity contribution in [2.24, 2.45) is 5.73 Å². The van der Waals surface area contributed by atoms with E-state index in [1.807, 2.05) is 36.6 Å². The van der Waals surface area contributed by atoms with Gasteiger partial charge in [-0.05, 0) is 51.3 Å². The number of piperidine rings is 1. The summed E-state index contributed by atoms with van der Waals surface area (Å²) in [6.45, 7) is 9.83. The molecule has 1 aliphatic heterocycles. The molecule has 0 amide bonds. The van der Waals surface area contributed by atoms with E-state index in [0.717, 1.165) is 66.5 Å². The zero-order valence-corrected chi connectivity index (χ0v) is 23.2. The van der Waals surface area contributed by atoms with Gasteiger partial charge in [0.25, 0.3) is 0 Å². The second kappa shape index (κ2) is 11.0. The highest BCUT2D eigenvalue weighted by Gasteiger charge is 2.31. The van der Waals surface area contributed by atoms with Gasteiger partial charge in [-0.25, -0.2) is 4.98 Å². The van der Waals surface area contributed by atoms with Crippen molar-refractivity contribution < 1.29 is 0 Å². The number of nitrogens with zero attached hydrogens (tertiary/aromatic N) is 5. The van der Waals surface area contributed by atoms with Crippen LogP contribution in [0.15, 0.2) is 54.6 Å². The number of aromatic nitrogens is 3. The molecular weight excluding hydrogens is 503 g/mol. The molecule has 2 aromatic heterocycles. The molecule has 2 N–H and O–H groups in total. The first-order valence-corrected chi connectivity index (χ1v) is 13.7. The number of anilines is 1. The Morgan fingerprint density at radius 2 is 1.68 bits per heavy atom. The maximum absolute atomic E-state index is 6.62. The Labute approximate surface area is 229 Å². The lowest BCUT2D eigenvalue weighted by molar-refractivity contribution is 0.197. The number of nitrogens with two attached hydrogens (primary N) is 1. The van der Waals surface area contributed by atoms with Crippen molar-refractivity contribution in [3.8, 4) is 11.1 Å². The average molecular weight is 538 g/mol. The number of hydrogen-bond acceptors (Lipinski definition) is 5. The summed E-state index contributed by atoms with van der Waals surface area (Å²) >= 11 is 13.2. The van der Waals surface area contributed by atoms with Crippen LogP contribution < -0.4 is 10.6 Å². The molecule has 0 bridgehead atoms. The van der Waals surface area contributed by atoms with Gasteiger partial charge in [-0.3, -0.25) is 4.90 Å². The topological polar surface area (TPSA) is 62.7 Å². The van der Waals surface area contributed by atoms with E-state index in [1.165, 1.54) is 5.56 Å². The molecule has 6 nitrogen and oxygen atoms in total. The standard InChI is InChI=1S/C29H34Cl2N6/c1-19-16-26(37-29(33-19)27(21(3)34-37)28-24(30)10-7-11-25(28)31)36(20(2)17-32)23-12-14-35(15-13-23)18-22-8-5-4-6-9-22/h4-11,16,20,23H,12-15,17-18,32H2,1-3H3. The first kappa shape index (κ1) is 26.0. The van der Waals surface area contributed by atoms with Gasteiger partial charge < -0.3 is 10.6 Å². The lowest BCUT2D eigenvalue weighted by atomic mass is 10.00. The van der Waals surface area contributed by atoms with Crippen molar-refractivity contribution in [2.45, 2.75) is 52.2 Å². The minimum Gasteiger partial charge on any atom is -0.349 e. The van der Waals surface area contributed by atoms with E-state index in [2.05, 4.69) is 53.1 Å². The molecule has 1 atom stereocenters. The van der Waals surface area contributed by atoms with E-state index in [1.54, 1.807) is 0 Å². The normalized spacial score (nSPS) is 15.8. The maximum Gasteiger partial charge on any atom is 0.165 e. The summed E-state index contributed by atoms with van der Waals surface area (Å²) in [5.74, 6) is 1.01. The van der Waals surface area contributed by atoms with E-state index in [4.69, 9.17) is 39.0 Å². The third kappa shape index (κ3) is 5.21. The Hall–Kier alpha value is -2.64. The number of fused-ring (bicyclic) bond motifs is 1. The number of halogens is 2. The molecule has 2 aromatic carbocycles.